The average Bonchev–Trinajstić information content (AvgIpc) is 2.76. The first-order valence-corrected chi connectivity index (χ1v) is 11.7. The van der Waals surface area contributed by atoms with Gasteiger partial charge in [0.05, 0.1) is 10.9 Å². The molecule has 1 aliphatic rings. The van der Waals surface area contributed by atoms with Crippen molar-refractivity contribution in [3.05, 3.63) is 63.5 Å². The minimum atomic E-state index is -4.98. The van der Waals surface area contributed by atoms with Crippen molar-refractivity contribution in [1.29, 1.82) is 0 Å². The zero-order valence-corrected chi connectivity index (χ0v) is 20.3. The third-order valence-corrected chi connectivity index (χ3v) is 6.42. The SMILES string of the molecule is C[C@@H]1CCCN(Cc2c(O)ccc3c(=O)c(Oc4ccc(C(C)(C)C)cc4)c(C(F)(F)F)oc23)C1. The maximum atomic E-state index is 14.0. The number of alkyl halides is 3. The molecule has 1 aromatic heterocycles. The molecule has 188 valence electrons. The topological polar surface area (TPSA) is 62.9 Å². The van der Waals surface area contributed by atoms with Crippen LogP contribution in [0.2, 0.25) is 0 Å². The van der Waals surface area contributed by atoms with Crippen LogP contribution in [0.5, 0.6) is 17.2 Å². The zero-order chi connectivity index (χ0) is 25.5. The van der Waals surface area contributed by atoms with E-state index in [2.05, 4.69) is 11.8 Å². The van der Waals surface area contributed by atoms with Crippen molar-refractivity contribution in [1.82, 2.24) is 4.90 Å². The first kappa shape index (κ1) is 25.1. The molecule has 4 rings (SSSR count). The van der Waals surface area contributed by atoms with Gasteiger partial charge in [0.1, 0.15) is 17.1 Å². The van der Waals surface area contributed by atoms with Crippen molar-refractivity contribution in [2.24, 2.45) is 5.92 Å². The molecule has 5 nitrogen and oxygen atoms in total. The molecule has 2 heterocycles. The zero-order valence-electron chi connectivity index (χ0n) is 20.3. The predicted molar refractivity (Wildman–Crippen MR) is 128 cm³/mol. The Hall–Kier alpha value is -3.00. The van der Waals surface area contributed by atoms with E-state index in [1.807, 2.05) is 20.8 Å². The van der Waals surface area contributed by atoms with Gasteiger partial charge in [-0.15, -0.1) is 0 Å². The minimum absolute atomic E-state index is 0.0721. The number of likely N-dealkylation sites (tertiary alicyclic amines) is 1. The van der Waals surface area contributed by atoms with Gasteiger partial charge in [-0.2, -0.15) is 13.2 Å². The van der Waals surface area contributed by atoms with Crippen LogP contribution in [0, 0.1) is 5.92 Å². The van der Waals surface area contributed by atoms with Crippen LogP contribution in [0.1, 0.15) is 57.4 Å². The molecule has 1 fully saturated rings. The molecule has 1 N–H and O–H groups in total. The highest BCUT2D eigenvalue weighted by Crippen LogP contribution is 2.40. The van der Waals surface area contributed by atoms with E-state index in [-0.39, 0.29) is 40.0 Å². The molecule has 0 radical (unpaired) electrons. The van der Waals surface area contributed by atoms with Crippen LogP contribution in [0.3, 0.4) is 0 Å². The number of ether oxygens (including phenoxy) is 1. The summed E-state index contributed by atoms with van der Waals surface area (Å²) in [4.78, 5) is 15.3. The lowest BCUT2D eigenvalue weighted by atomic mass is 9.87. The van der Waals surface area contributed by atoms with Crippen LogP contribution in [0.25, 0.3) is 11.0 Å². The number of halogens is 3. The van der Waals surface area contributed by atoms with Crippen molar-refractivity contribution in [2.45, 2.75) is 58.7 Å². The van der Waals surface area contributed by atoms with Gasteiger partial charge in [-0.1, -0.05) is 39.8 Å². The van der Waals surface area contributed by atoms with Crippen LogP contribution in [0.15, 0.2) is 45.6 Å². The molecule has 0 bridgehead atoms. The monoisotopic (exact) mass is 489 g/mol. The molecule has 0 amide bonds. The summed E-state index contributed by atoms with van der Waals surface area (Å²) in [6.45, 7) is 9.83. The Morgan fingerprint density at radius 2 is 1.80 bits per heavy atom. The number of fused-ring (bicyclic) bond motifs is 1. The van der Waals surface area contributed by atoms with Crippen LogP contribution < -0.4 is 10.2 Å². The van der Waals surface area contributed by atoms with Crippen LogP contribution in [-0.2, 0) is 18.1 Å². The summed E-state index contributed by atoms with van der Waals surface area (Å²) in [7, 11) is 0. The predicted octanol–water partition coefficient (Wildman–Crippen LogP) is 6.84. The van der Waals surface area contributed by atoms with Crippen molar-refractivity contribution in [3.8, 4) is 17.2 Å². The lowest BCUT2D eigenvalue weighted by Crippen LogP contribution is -2.33. The second kappa shape index (κ2) is 9.22. The second-order valence-electron chi connectivity index (χ2n) is 10.4. The fourth-order valence-corrected chi connectivity index (χ4v) is 4.51. The third kappa shape index (κ3) is 5.32. The Kier molecular flexibility index (Phi) is 6.62. The molecule has 35 heavy (non-hydrogen) atoms. The van der Waals surface area contributed by atoms with E-state index >= 15 is 0 Å². The largest absolute Gasteiger partial charge is 0.507 e. The smallest absolute Gasteiger partial charge is 0.453 e. The summed E-state index contributed by atoms with van der Waals surface area (Å²) < 4.78 is 52.9. The van der Waals surface area contributed by atoms with Gasteiger partial charge in [-0.05, 0) is 60.5 Å². The fraction of sp³-hybridized carbons (Fsp3) is 0.444. The molecule has 0 unspecified atom stereocenters. The summed E-state index contributed by atoms with van der Waals surface area (Å²) in [5.74, 6) is -2.12. The van der Waals surface area contributed by atoms with Crippen LogP contribution in [-0.4, -0.2) is 23.1 Å². The first-order valence-electron chi connectivity index (χ1n) is 11.7. The lowest BCUT2D eigenvalue weighted by molar-refractivity contribution is -0.154. The van der Waals surface area contributed by atoms with E-state index in [1.165, 1.54) is 24.3 Å². The van der Waals surface area contributed by atoms with Crippen molar-refractivity contribution >= 4 is 11.0 Å². The number of piperidine rings is 1. The number of phenols is 1. The quantitative estimate of drug-likeness (QED) is 0.435. The Bertz CT molecular complexity index is 1270. The van der Waals surface area contributed by atoms with Gasteiger partial charge in [-0.25, -0.2) is 0 Å². The minimum Gasteiger partial charge on any atom is -0.507 e. The Labute approximate surface area is 202 Å². The number of benzene rings is 2. The molecule has 0 spiro atoms. The molecule has 2 aromatic carbocycles. The van der Waals surface area contributed by atoms with Crippen LogP contribution >= 0.6 is 0 Å². The van der Waals surface area contributed by atoms with Gasteiger partial charge in [-0.3, -0.25) is 9.69 Å². The van der Waals surface area contributed by atoms with E-state index in [0.29, 0.717) is 5.92 Å². The van der Waals surface area contributed by atoms with Gasteiger partial charge in [0, 0.05) is 13.1 Å². The fourth-order valence-electron chi connectivity index (χ4n) is 4.51. The lowest BCUT2D eigenvalue weighted by Gasteiger charge is -2.31. The molecule has 0 saturated carbocycles. The van der Waals surface area contributed by atoms with Crippen molar-refractivity contribution in [2.75, 3.05) is 13.1 Å². The Morgan fingerprint density at radius 3 is 2.40 bits per heavy atom. The van der Waals surface area contributed by atoms with Crippen molar-refractivity contribution < 1.29 is 27.4 Å². The number of phenolic OH excluding ortho intramolecular Hbond substituents is 1. The van der Waals surface area contributed by atoms with E-state index in [1.54, 1.807) is 12.1 Å². The normalized spacial score (nSPS) is 17.6. The van der Waals surface area contributed by atoms with Crippen LogP contribution in [0.4, 0.5) is 13.2 Å². The van der Waals surface area contributed by atoms with Gasteiger partial charge >= 0.3 is 6.18 Å². The standard InChI is InChI=1S/C27H30F3NO4/c1-16-6-5-13-31(14-16)15-20-21(32)12-11-19-22(33)24(25(27(28,29)30)35-23(19)20)34-18-9-7-17(8-10-18)26(2,3)4/h7-12,16,32H,5-6,13-15H2,1-4H3/t16-/m1/s1. The summed E-state index contributed by atoms with van der Waals surface area (Å²) in [5.41, 5.74) is -0.219. The molecule has 8 heteroatoms. The van der Waals surface area contributed by atoms with Gasteiger partial charge in [0.15, 0.2) is 0 Å². The second-order valence-corrected chi connectivity index (χ2v) is 10.4. The highest BCUT2D eigenvalue weighted by molar-refractivity contribution is 5.83. The first-order chi connectivity index (χ1) is 16.3. The third-order valence-electron chi connectivity index (χ3n) is 6.42. The highest BCUT2D eigenvalue weighted by Gasteiger charge is 2.41. The van der Waals surface area contributed by atoms with E-state index in [0.717, 1.165) is 31.5 Å². The van der Waals surface area contributed by atoms with Crippen molar-refractivity contribution in [3.63, 3.8) is 0 Å². The van der Waals surface area contributed by atoms with E-state index in [9.17, 15) is 23.1 Å². The molecule has 0 aliphatic carbocycles. The molecular weight excluding hydrogens is 459 g/mol. The summed E-state index contributed by atoms with van der Waals surface area (Å²) in [6.07, 6.45) is -2.95. The number of hydrogen-bond donors (Lipinski definition) is 1. The Balaban J connectivity index is 1.81. The number of rotatable bonds is 4. The van der Waals surface area contributed by atoms with Gasteiger partial charge in [0.25, 0.3) is 5.76 Å². The molecule has 1 atom stereocenters. The van der Waals surface area contributed by atoms with E-state index in [4.69, 9.17) is 9.15 Å². The van der Waals surface area contributed by atoms with Gasteiger partial charge in [0.2, 0.25) is 11.2 Å². The Morgan fingerprint density at radius 1 is 1.11 bits per heavy atom. The number of nitrogens with zero attached hydrogens (tertiary/aromatic N) is 1. The summed E-state index contributed by atoms with van der Waals surface area (Å²) in [6, 6.07) is 9.15. The maximum Gasteiger partial charge on any atom is 0.453 e. The highest BCUT2D eigenvalue weighted by atomic mass is 19.4. The molecular formula is C27H30F3NO4. The summed E-state index contributed by atoms with van der Waals surface area (Å²) >= 11 is 0. The average molecular weight is 490 g/mol. The molecule has 1 saturated heterocycles. The number of aromatic hydroxyl groups is 1. The molecule has 3 aromatic rings. The van der Waals surface area contributed by atoms with E-state index < -0.39 is 23.1 Å². The maximum absolute atomic E-state index is 14.0. The number of hydrogen-bond acceptors (Lipinski definition) is 5. The molecule has 1 aliphatic heterocycles. The summed E-state index contributed by atoms with van der Waals surface area (Å²) in [5, 5.41) is 10.4. The van der Waals surface area contributed by atoms with Gasteiger partial charge < -0.3 is 14.3 Å².